The van der Waals surface area contributed by atoms with E-state index in [4.69, 9.17) is 63.7 Å². The third kappa shape index (κ3) is 31.6. The number of cyclic esters (lactones) is 2. The van der Waals surface area contributed by atoms with Crippen LogP contribution in [0.5, 0.6) is 0 Å². The maximum Gasteiger partial charge on any atom is 0.428 e. The summed E-state index contributed by atoms with van der Waals surface area (Å²) < 4.78 is 77.4. The first kappa shape index (κ1) is 117. The highest BCUT2D eigenvalue weighted by atomic mass is 32.1. The van der Waals surface area contributed by atoms with E-state index in [1.807, 2.05) is 50.1 Å². The number of nitrogen functional groups attached to an aromatic ring is 1. The average Bonchev–Trinajstić information content (AvgIpc) is 0.786. The van der Waals surface area contributed by atoms with Crippen LogP contribution < -0.4 is 16.2 Å². The number of aliphatic hydroxyl groups excluding tert-OH is 2. The van der Waals surface area contributed by atoms with Gasteiger partial charge in [0.15, 0.2) is 30.8 Å². The summed E-state index contributed by atoms with van der Waals surface area (Å²) in [6.45, 7) is 34.4. The molecule has 4 fully saturated rings. The minimum absolute atomic E-state index is 0.00915. The van der Waals surface area contributed by atoms with E-state index in [1.54, 1.807) is 126 Å². The zero-order chi connectivity index (χ0) is 103. The van der Waals surface area contributed by atoms with Gasteiger partial charge < -0.3 is 114 Å². The number of aliphatic imine (C=N–C) groups is 2. The topological polar surface area (TPSA) is 563 Å². The monoisotopic (exact) mass is 1980 g/mol. The molecule has 0 saturated carbocycles. The van der Waals surface area contributed by atoms with Crippen molar-refractivity contribution < 1.29 is 131 Å². The Balaban J connectivity index is 0.000000362. The van der Waals surface area contributed by atoms with E-state index in [1.165, 1.54) is 71.4 Å². The average molecular weight is 1980 g/mol. The predicted molar refractivity (Wildman–Crippen MR) is 513 cm³/mol. The van der Waals surface area contributed by atoms with Crippen LogP contribution in [-0.4, -0.2) is 296 Å². The number of nitrogens with two attached hydrogens (primary N) is 1. The number of alkyl halides is 1. The molecule has 4 aliphatic rings. The fraction of sp³-hybridized carbons (Fsp3) is 0.717. The lowest BCUT2D eigenvalue weighted by atomic mass is 9.71. The van der Waals surface area contributed by atoms with E-state index in [2.05, 4.69) is 40.5 Å². The second-order valence-corrected chi connectivity index (χ2v) is 41.0. The largest absolute Gasteiger partial charge is 0.458 e. The van der Waals surface area contributed by atoms with Crippen molar-refractivity contribution in [2.24, 2.45) is 56.1 Å². The Hall–Kier alpha value is -7.28. The number of aliphatic hydroxyl groups is 6. The summed E-state index contributed by atoms with van der Waals surface area (Å²) in [4.78, 5) is 141. The molecular formula is C92H148BFN13O26PS2. The number of nitrogens with one attached hydrogen (secondary N) is 3. The molecule has 8 heterocycles. The molecule has 14 N–H and O–H groups in total. The molecule has 136 heavy (non-hydrogen) atoms. The Labute approximate surface area is 806 Å². The maximum atomic E-state index is 16.9. The number of hydrogen-bond donors (Lipinski definition) is 13. The molecule has 0 spiro atoms. The van der Waals surface area contributed by atoms with E-state index in [0.717, 1.165) is 34.5 Å². The summed E-state index contributed by atoms with van der Waals surface area (Å²) in [7, 11) is 2.00. The summed E-state index contributed by atoms with van der Waals surface area (Å²) in [6, 6.07) is 6.36. The van der Waals surface area contributed by atoms with Crippen molar-refractivity contribution >= 4 is 107 Å². The van der Waals surface area contributed by atoms with Crippen molar-refractivity contribution in [1.29, 1.82) is 5.41 Å². The number of likely N-dealkylation sites (N-methyl/N-ethyl adjacent to an activating group) is 2. The number of amides is 2. The molecule has 8 rings (SSSR count). The minimum atomic E-state index is -4.53. The number of pyridine rings is 2. The number of carbonyl (C=O) groups excluding carboxylic acids is 6. The lowest BCUT2D eigenvalue weighted by Gasteiger charge is -2.47. The Bertz CT molecular complexity index is 4730. The molecule has 0 aliphatic carbocycles. The first-order valence-electron chi connectivity index (χ1n) is 46.3. The van der Waals surface area contributed by atoms with Gasteiger partial charge in [-0.2, -0.15) is 0 Å². The summed E-state index contributed by atoms with van der Waals surface area (Å²) in [6.07, 6.45) is -8.81. The Morgan fingerprint density at radius 3 is 1.46 bits per heavy atom. The van der Waals surface area contributed by atoms with Crippen LogP contribution >= 0.6 is 30.4 Å². The number of rotatable bonds is 29. The van der Waals surface area contributed by atoms with Crippen LogP contribution in [0.2, 0.25) is 6.82 Å². The highest BCUT2D eigenvalue weighted by molar-refractivity contribution is 7.53. The zero-order valence-corrected chi connectivity index (χ0v) is 85.9. The number of carbonyl (C=O) groups is 6. The van der Waals surface area contributed by atoms with Crippen molar-refractivity contribution in [1.82, 2.24) is 35.1 Å². The van der Waals surface area contributed by atoms with E-state index >= 15 is 4.39 Å². The lowest BCUT2D eigenvalue weighted by molar-refractivity contribution is -0.293. The van der Waals surface area contributed by atoms with Crippen LogP contribution in [0, 0.1) is 46.3 Å². The molecule has 0 aromatic carbocycles. The number of halogens is 1. The smallest absolute Gasteiger partial charge is 0.428 e. The first-order chi connectivity index (χ1) is 63.2. The summed E-state index contributed by atoms with van der Waals surface area (Å²) >= 11 is 2.64. The third-order valence-electron chi connectivity index (χ3n) is 25.2. The summed E-state index contributed by atoms with van der Waals surface area (Å²) in [5.74, 6) is -10.5. The number of nitrogens with zero attached hydrogens (tertiary/aromatic N) is 9. The number of oxime groups is 1. The van der Waals surface area contributed by atoms with Crippen LogP contribution in [0.3, 0.4) is 0 Å². The number of ether oxygens (including phenoxy) is 8. The second-order valence-electron chi connectivity index (χ2n) is 38.0. The fourth-order valence-corrected chi connectivity index (χ4v) is 19.5. The van der Waals surface area contributed by atoms with E-state index in [9.17, 15) is 73.8 Å². The second kappa shape index (κ2) is 50.9. The standard InChI is InChI=1S/C45H70FN6O14PS.C37H65N3O10.C10H13BN4O2S/c1-13-29(50-63-22-30-17-16-28(20-47-30)40-48-33(23-68-40)51-67(59,60)61)21-62-39-26(6)35(49-34(53)15-3)24(4)19-43(8,57)38(66-41-36(54)31(52(11)12)18-25(5)64-41)27(7)37(55)44(9,46)42(56)65-32(14-2)45(39,10)58;1-14-24(38)19-47-32-22(6)28(39-27(41)16-3)20(4)18-36(10,45)31(50-33-29(42)25(40(12)13)17-21(5)48-33)23(7)30(43)35(8,9)34(44)49-26(15-2)37(32,11)46;1-11(16)15-17-5-8-3-2-7(4-13-8)10-14-9(12)6-18-10/h16-17,20,23-27,31-32,36,38-39,41,54,57-58H,13-15,18-19,21-22H2,1-12H3,(H3,51,59,60,61);20-23,25-26,29,31-33,38,42,45-46H,14-19H2,1-13H3;2-4,6,15-16H,5,12H2,1H3/b49-35?,50-29-;;/t24-,25-,26+,27+,31+,32-,36-,38-,39-,41+,43-,44+,45-;20-,21-,22+,23+,25+,26-,29-,31-,32-,33+,36-,37-;/m11./s1. The van der Waals surface area contributed by atoms with Crippen LogP contribution in [0.4, 0.5) is 16.0 Å². The van der Waals surface area contributed by atoms with E-state index < -0.39 is 193 Å². The van der Waals surface area contributed by atoms with Crippen LogP contribution in [-0.2, 0) is 94.1 Å². The van der Waals surface area contributed by atoms with Crippen molar-refractivity contribution in [3.63, 3.8) is 0 Å². The molecule has 764 valence electrons. The highest BCUT2D eigenvalue weighted by Gasteiger charge is 2.58. The minimum Gasteiger partial charge on any atom is -0.458 e. The Kier molecular flexibility index (Phi) is 44.0. The van der Waals surface area contributed by atoms with Gasteiger partial charge in [0.1, 0.15) is 69.3 Å². The molecular weight excluding hydrogens is 1830 g/mol. The Morgan fingerprint density at radius 2 is 1.06 bits per heavy atom. The quantitative estimate of drug-likeness (QED) is 0.00600. The number of esters is 2. The van der Waals surface area contributed by atoms with Gasteiger partial charge in [0.25, 0.3) is 5.67 Å². The molecule has 44 heteroatoms. The SMILES string of the molecule is CB(O)NOCc1ccc(-c2nc(N)cs2)cn1.CCC(=N)CO[C@@H]1[C@@H](C)C(=NC(=O)CC)[C@H](C)C[C@@](C)(O)[C@H](O[C@@H]2O[C@H](C)C[C@H](N(C)C)[C@H]2O)[C@@H](C)C(=O)C(C)(C)C(=O)O[C@H](CC)[C@@]1(C)O.CCC(=O)N=C1[C@H](C)C[C@@](C)(O)[C@H](O[C@@H]2O[C@H](C)C[C@H](N(C)C)[C@H]2O)[C@@H](C)C(=O)[C@](C)(F)C(=O)O[C@H](CC)[C@@](C)(O)[C@H](OC/C(CC)=N\OCc2ccc(-c3nc(NP(=O)(O)O)cs3)cn2)[C@H]1C. The zero-order valence-electron chi connectivity index (χ0n) is 83.4. The van der Waals surface area contributed by atoms with Crippen molar-refractivity contribution in [2.75, 3.05) is 52.2 Å². The number of anilines is 2. The summed E-state index contributed by atoms with van der Waals surface area (Å²) in [5.41, 5.74) is -3.38. The molecule has 2 amide bonds. The molecule has 4 saturated heterocycles. The number of Topliss-reactive ketones (excluding diaryl/α,β-unsaturated/α-hetero) is 2. The number of aromatic nitrogens is 4. The van der Waals surface area contributed by atoms with Gasteiger partial charge in [-0.3, -0.25) is 39.0 Å². The molecule has 25 atom stereocenters. The fourth-order valence-electron chi connectivity index (χ4n) is 17.6. The van der Waals surface area contributed by atoms with Gasteiger partial charge in [0.2, 0.25) is 11.8 Å². The third-order valence-corrected chi connectivity index (χ3v) is 27.5. The molecule has 4 aromatic rings. The van der Waals surface area contributed by atoms with Gasteiger partial charge in [-0.15, -0.1) is 22.7 Å². The van der Waals surface area contributed by atoms with Crippen molar-refractivity contribution in [3.8, 4) is 21.1 Å². The van der Waals surface area contributed by atoms with Gasteiger partial charge in [0, 0.05) is 100 Å². The summed E-state index contributed by atoms with van der Waals surface area (Å²) in [5, 5.41) is 103. The molecule has 4 aliphatic heterocycles. The highest BCUT2D eigenvalue weighted by Crippen LogP contribution is 2.44. The molecule has 0 unspecified atom stereocenters. The van der Waals surface area contributed by atoms with E-state index in [0.29, 0.717) is 59.2 Å². The van der Waals surface area contributed by atoms with Crippen LogP contribution in [0.15, 0.2) is 62.6 Å². The van der Waals surface area contributed by atoms with Crippen molar-refractivity contribution in [2.45, 2.75) is 343 Å². The lowest BCUT2D eigenvalue weighted by Crippen LogP contribution is -2.61. The first-order valence-corrected chi connectivity index (χ1v) is 49.6. The molecule has 39 nitrogen and oxygen atoms in total. The Morgan fingerprint density at radius 1 is 0.625 bits per heavy atom. The van der Waals surface area contributed by atoms with Gasteiger partial charge in [-0.25, -0.2) is 39.1 Å². The predicted octanol–water partition coefficient (Wildman–Crippen LogP) is 9.64. The molecule has 4 aromatic heterocycles. The van der Waals surface area contributed by atoms with Gasteiger partial charge >= 0.3 is 26.7 Å². The van der Waals surface area contributed by atoms with Crippen molar-refractivity contribution in [3.05, 3.63) is 58.8 Å². The number of thiazole rings is 2. The van der Waals surface area contributed by atoms with Gasteiger partial charge in [0.05, 0.1) is 78.1 Å². The van der Waals surface area contributed by atoms with Gasteiger partial charge in [-0.05, 0) is 185 Å². The normalized spacial score (nSPS) is 33.3. The van der Waals surface area contributed by atoms with Gasteiger partial charge in [-0.1, -0.05) is 88.2 Å². The van der Waals surface area contributed by atoms with Crippen LogP contribution in [0.1, 0.15) is 221 Å². The molecule has 0 bridgehead atoms. The number of hydrogen-bond acceptors (Lipinski definition) is 36. The maximum absolute atomic E-state index is 16.9. The van der Waals surface area contributed by atoms with E-state index in [-0.39, 0.29) is 94.3 Å². The molecule has 0 radical (unpaired) electrons. The number of ketones is 2. The van der Waals surface area contributed by atoms with Crippen LogP contribution in [0.25, 0.3) is 21.1 Å².